The number of carboxylic acid groups (broad SMARTS) is 1. The van der Waals surface area contributed by atoms with E-state index in [1.807, 2.05) is 20.8 Å². The SMILES string of the molecule is CC(C)(C)OC(=O)N1CC(C(=O)O)C2(CCC(C(C)(C)C)CC2)C1. The van der Waals surface area contributed by atoms with E-state index in [2.05, 4.69) is 20.8 Å². The van der Waals surface area contributed by atoms with Crippen LogP contribution in [0.25, 0.3) is 0 Å². The second kappa shape index (κ2) is 6.23. The number of carbonyl (C=O) groups is 2. The minimum atomic E-state index is -0.782. The van der Waals surface area contributed by atoms with Gasteiger partial charge in [0.1, 0.15) is 5.60 Å². The van der Waals surface area contributed by atoms with Crippen LogP contribution >= 0.6 is 0 Å². The summed E-state index contributed by atoms with van der Waals surface area (Å²) in [6, 6.07) is 0. The van der Waals surface area contributed by atoms with Gasteiger partial charge in [0.25, 0.3) is 0 Å². The quantitative estimate of drug-likeness (QED) is 0.779. The van der Waals surface area contributed by atoms with Crippen molar-refractivity contribution >= 4 is 12.1 Å². The Bertz CT molecular complexity index is 492. The first-order valence-electron chi connectivity index (χ1n) is 9.05. The molecule has 1 N–H and O–H groups in total. The van der Waals surface area contributed by atoms with Crippen LogP contribution in [-0.4, -0.2) is 40.8 Å². The van der Waals surface area contributed by atoms with Crippen LogP contribution in [0.3, 0.4) is 0 Å². The molecule has 0 aromatic rings. The summed E-state index contributed by atoms with van der Waals surface area (Å²) in [6.45, 7) is 13.0. The maximum absolute atomic E-state index is 12.4. The molecule has 0 bridgehead atoms. The van der Waals surface area contributed by atoms with Crippen LogP contribution in [0.5, 0.6) is 0 Å². The summed E-state index contributed by atoms with van der Waals surface area (Å²) in [7, 11) is 0. The number of nitrogens with zero attached hydrogens (tertiary/aromatic N) is 1. The second-order valence-electron chi connectivity index (χ2n) is 9.75. The highest BCUT2D eigenvalue weighted by molar-refractivity contribution is 5.75. The molecule has 0 aromatic heterocycles. The predicted octanol–water partition coefficient (Wildman–Crippen LogP) is 4.16. The molecule has 1 heterocycles. The Hall–Kier alpha value is -1.26. The van der Waals surface area contributed by atoms with E-state index in [4.69, 9.17) is 4.74 Å². The molecule has 1 saturated heterocycles. The standard InChI is InChI=1S/C19H33NO4/c1-17(2,3)13-7-9-19(10-8-13)12-20(11-14(19)15(21)22)16(23)24-18(4,5)6/h13-14H,7-12H2,1-6H3,(H,21,22). The zero-order chi connectivity index (χ0) is 18.3. The van der Waals surface area contributed by atoms with Crippen LogP contribution in [0.1, 0.15) is 67.2 Å². The summed E-state index contributed by atoms with van der Waals surface area (Å²) in [5.74, 6) is -0.644. The Morgan fingerprint density at radius 2 is 1.62 bits per heavy atom. The van der Waals surface area contributed by atoms with Crippen molar-refractivity contribution in [2.45, 2.75) is 72.8 Å². The number of amides is 1. The Labute approximate surface area is 145 Å². The molecule has 138 valence electrons. The molecule has 1 spiro atoms. The van der Waals surface area contributed by atoms with Gasteiger partial charge in [-0.1, -0.05) is 20.8 Å². The molecule has 2 rings (SSSR count). The van der Waals surface area contributed by atoms with Gasteiger partial charge in [0.15, 0.2) is 0 Å². The first-order chi connectivity index (χ1) is 10.8. The third kappa shape index (κ3) is 4.04. The van der Waals surface area contributed by atoms with Crippen molar-refractivity contribution in [1.82, 2.24) is 4.90 Å². The Morgan fingerprint density at radius 3 is 2.04 bits per heavy atom. The van der Waals surface area contributed by atoms with Gasteiger partial charge in [-0.05, 0) is 57.8 Å². The summed E-state index contributed by atoms with van der Waals surface area (Å²) in [6.07, 6.45) is 3.45. The molecule has 1 amide bonds. The number of rotatable bonds is 1. The van der Waals surface area contributed by atoms with Crippen molar-refractivity contribution < 1.29 is 19.4 Å². The van der Waals surface area contributed by atoms with Crippen LogP contribution in [0, 0.1) is 22.7 Å². The number of aliphatic carboxylic acids is 1. The van der Waals surface area contributed by atoms with E-state index in [-0.39, 0.29) is 23.5 Å². The lowest BCUT2D eigenvalue weighted by molar-refractivity contribution is -0.146. The van der Waals surface area contributed by atoms with Crippen LogP contribution < -0.4 is 0 Å². The van der Waals surface area contributed by atoms with Gasteiger partial charge in [-0.25, -0.2) is 4.79 Å². The molecule has 2 aliphatic rings. The minimum absolute atomic E-state index is 0.254. The van der Waals surface area contributed by atoms with Crippen molar-refractivity contribution in [3.8, 4) is 0 Å². The van der Waals surface area contributed by atoms with E-state index < -0.39 is 17.5 Å². The van der Waals surface area contributed by atoms with Gasteiger partial charge in [0.05, 0.1) is 5.92 Å². The molecule has 24 heavy (non-hydrogen) atoms. The van der Waals surface area contributed by atoms with Crippen molar-refractivity contribution in [2.24, 2.45) is 22.7 Å². The maximum atomic E-state index is 12.4. The summed E-state index contributed by atoms with van der Waals surface area (Å²) in [5, 5.41) is 9.71. The fraction of sp³-hybridized carbons (Fsp3) is 0.895. The highest BCUT2D eigenvalue weighted by atomic mass is 16.6. The van der Waals surface area contributed by atoms with E-state index in [0.29, 0.717) is 12.5 Å². The average Bonchev–Trinajstić information content (AvgIpc) is 2.76. The van der Waals surface area contributed by atoms with E-state index in [0.717, 1.165) is 25.7 Å². The van der Waals surface area contributed by atoms with Gasteiger partial charge in [-0.3, -0.25) is 4.79 Å². The predicted molar refractivity (Wildman–Crippen MR) is 92.8 cm³/mol. The molecular weight excluding hydrogens is 306 g/mol. The molecule has 1 saturated carbocycles. The average molecular weight is 339 g/mol. The second-order valence-corrected chi connectivity index (χ2v) is 9.75. The molecule has 0 radical (unpaired) electrons. The van der Waals surface area contributed by atoms with Crippen LogP contribution in [0.15, 0.2) is 0 Å². The number of carboxylic acids is 1. The first kappa shape index (κ1) is 19.1. The number of hydrogen-bond donors (Lipinski definition) is 1. The molecule has 1 unspecified atom stereocenters. The molecule has 1 aliphatic carbocycles. The van der Waals surface area contributed by atoms with Crippen LogP contribution in [0.4, 0.5) is 4.79 Å². The first-order valence-corrected chi connectivity index (χ1v) is 9.05. The summed E-state index contributed by atoms with van der Waals surface area (Å²) >= 11 is 0. The van der Waals surface area contributed by atoms with Gasteiger partial charge < -0.3 is 14.7 Å². The van der Waals surface area contributed by atoms with Gasteiger partial charge in [-0.2, -0.15) is 0 Å². The largest absolute Gasteiger partial charge is 0.481 e. The summed E-state index contributed by atoms with van der Waals surface area (Å²) in [4.78, 5) is 25.8. The maximum Gasteiger partial charge on any atom is 0.410 e. The monoisotopic (exact) mass is 339 g/mol. The fourth-order valence-electron chi connectivity index (χ4n) is 4.34. The zero-order valence-corrected chi connectivity index (χ0v) is 16.0. The van der Waals surface area contributed by atoms with Crippen molar-refractivity contribution in [1.29, 1.82) is 0 Å². The fourth-order valence-corrected chi connectivity index (χ4v) is 4.34. The Balaban J connectivity index is 2.12. The van der Waals surface area contributed by atoms with E-state index in [1.165, 1.54) is 0 Å². The van der Waals surface area contributed by atoms with Crippen LogP contribution in [-0.2, 0) is 9.53 Å². The third-order valence-corrected chi connectivity index (χ3v) is 5.80. The lowest BCUT2D eigenvalue weighted by atomic mass is 9.61. The van der Waals surface area contributed by atoms with Gasteiger partial charge in [-0.15, -0.1) is 0 Å². The normalized spacial score (nSPS) is 31.3. The zero-order valence-electron chi connectivity index (χ0n) is 16.0. The van der Waals surface area contributed by atoms with Gasteiger partial charge in [0.2, 0.25) is 0 Å². The minimum Gasteiger partial charge on any atom is -0.481 e. The molecule has 5 heteroatoms. The highest BCUT2D eigenvalue weighted by Gasteiger charge is 2.53. The third-order valence-electron chi connectivity index (χ3n) is 5.80. The number of likely N-dealkylation sites (tertiary alicyclic amines) is 1. The number of hydrogen-bond acceptors (Lipinski definition) is 3. The molecule has 1 atom stereocenters. The van der Waals surface area contributed by atoms with Gasteiger partial charge in [0, 0.05) is 18.5 Å². The molecule has 5 nitrogen and oxygen atoms in total. The smallest absolute Gasteiger partial charge is 0.410 e. The van der Waals surface area contributed by atoms with E-state index in [1.54, 1.807) is 4.90 Å². The summed E-state index contributed by atoms with van der Waals surface area (Å²) in [5.41, 5.74) is -0.594. The molecule has 0 aromatic carbocycles. The Morgan fingerprint density at radius 1 is 1.08 bits per heavy atom. The van der Waals surface area contributed by atoms with Gasteiger partial charge >= 0.3 is 12.1 Å². The highest BCUT2D eigenvalue weighted by Crippen LogP contribution is 2.52. The number of carbonyl (C=O) groups excluding carboxylic acids is 1. The van der Waals surface area contributed by atoms with Crippen molar-refractivity contribution in [3.05, 3.63) is 0 Å². The Kier molecular flexibility index (Phi) is 4.95. The topological polar surface area (TPSA) is 66.8 Å². The van der Waals surface area contributed by atoms with Crippen molar-refractivity contribution in [2.75, 3.05) is 13.1 Å². The molecule has 1 aliphatic heterocycles. The summed E-state index contributed by atoms with van der Waals surface area (Å²) < 4.78 is 5.45. The molecular formula is C19H33NO4. The lowest BCUT2D eigenvalue weighted by Gasteiger charge is -2.43. The van der Waals surface area contributed by atoms with Crippen molar-refractivity contribution in [3.63, 3.8) is 0 Å². The van der Waals surface area contributed by atoms with Crippen LogP contribution in [0.2, 0.25) is 0 Å². The van der Waals surface area contributed by atoms with E-state index in [9.17, 15) is 14.7 Å². The molecule has 2 fully saturated rings. The number of ether oxygens (including phenoxy) is 1. The lowest BCUT2D eigenvalue weighted by Crippen LogP contribution is -2.41. The van der Waals surface area contributed by atoms with E-state index >= 15 is 0 Å².